The van der Waals surface area contributed by atoms with Gasteiger partial charge in [-0.15, -0.1) is 11.8 Å². The van der Waals surface area contributed by atoms with Crippen LogP contribution in [0.5, 0.6) is 5.75 Å². The summed E-state index contributed by atoms with van der Waals surface area (Å²) in [4.78, 5) is 24.7. The Hall–Kier alpha value is -2.18. The minimum Gasteiger partial charge on any atom is -0.495 e. The van der Waals surface area contributed by atoms with E-state index in [9.17, 15) is 9.59 Å². The predicted molar refractivity (Wildman–Crippen MR) is 102 cm³/mol. The lowest BCUT2D eigenvalue weighted by molar-refractivity contribution is -0.122. The van der Waals surface area contributed by atoms with Crippen molar-refractivity contribution < 1.29 is 14.3 Å². The van der Waals surface area contributed by atoms with E-state index in [2.05, 4.69) is 10.6 Å². The number of hydrogen-bond acceptors (Lipinski definition) is 4. The summed E-state index contributed by atoms with van der Waals surface area (Å²) in [5, 5.41) is 5.92. The van der Waals surface area contributed by atoms with Crippen molar-refractivity contribution in [3.8, 4) is 5.75 Å². The van der Waals surface area contributed by atoms with Crippen molar-refractivity contribution in [3.05, 3.63) is 53.1 Å². The molecule has 0 heterocycles. The highest BCUT2D eigenvalue weighted by Crippen LogP contribution is 2.26. The van der Waals surface area contributed by atoms with Crippen LogP contribution in [0.15, 0.2) is 47.4 Å². The second kappa shape index (κ2) is 9.34. The average molecular weight is 379 g/mol. The topological polar surface area (TPSA) is 67.4 Å². The smallest absolute Gasteiger partial charge is 0.243 e. The molecule has 7 heteroatoms. The van der Waals surface area contributed by atoms with E-state index < -0.39 is 0 Å². The first-order valence-electron chi connectivity index (χ1n) is 7.58. The SMILES string of the molecule is COc1ccc(C)cc1NC(=O)CNC(=O)CSc1ccccc1Cl. The van der Waals surface area contributed by atoms with Crippen LogP contribution in [0.4, 0.5) is 5.69 Å². The van der Waals surface area contributed by atoms with Gasteiger partial charge in [-0.3, -0.25) is 9.59 Å². The van der Waals surface area contributed by atoms with E-state index in [-0.39, 0.29) is 24.1 Å². The molecule has 2 aromatic carbocycles. The maximum absolute atomic E-state index is 12.0. The van der Waals surface area contributed by atoms with E-state index in [0.29, 0.717) is 16.5 Å². The van der Waals surface area contributed by atoms with E-state index in [1.165, 1.54) is 18.9 Å². The normalized spacial score (nSPS) is 10.2. The highest BCUT2D eigenvalue weighted by atomic mass is 35.5. The molecular formula is C18H19ClN2O3S. The summed E-state index contributed by atoms with van der Waals surface area (Å²) in [6, 6.07) is 12.8. The van der Waals surface area contributed by atoms with Crippen LogP contribution in [0.1, 0.15) is 5.56 Å². The Labute approximate surface area is 156 Å². The molecule has 2 N–H and O–H groups in total. The summed E-state index contributed by atoms with van der Waals surface area (Å²) in [6.07, 6.45) is 0. The third kappa shape index (κ3) is 5.99. The number of amides is 2. The number of nitrogens with one attached hydrogen (secondary N) is 2. The fraction of sp³-hybridized carbons (Fsp3) is 0.222. The number of ether oxygens (including phenoxy) is 1. The molecule has 0 fully saturated rings. The van der Waals surface area contributed by atoms with Crippen LogP contribution >= 0.6 is 23.4 Å². The number of thioether (sulfide) groups is 1. The fourth-order valence-electron chi connectivity index (χ4n) is 2.05. The third-order valence-electron chi connectivity index (χ3n) is 3.27. The molecule has 0 atom stereocenters. The first-order valence-corrected chi connectivity index (χ1v) is 8.94. The van der Waals surface area contributed by atoms with Crippen molar-refractivity contribution in [2.45, 2.75) is 11.8 Å². The summed E-state index contributed by atoms with van der Waals surface area (Å²) >= 11 is 7.36. The number of carbonyl (C=O) groups is 2. The van der Waals surface area contributed by atoms with Gasteiger partial charge in [0.25, 0.3) is 0 Å². The van der Waals surface area contributed by atoms with Crippen molar-refractivity contribution in [1.29, 1.82) is 0 Å². The molecule has 0 spiro atoms. The molecule has 0 aliphatic rings. The van der Waals surface area contributed by atoms with E-state index in [1.54, 1.807) is 12.1 Å². The minimum absolute atomic E-state index is 0.112. The zero-order chi connectivity index (χ0) is 18.2. The van der Waals surface area contributed by atoms with E-state index in [4.69, 9.17) is 16.3 Å². The molecule has 0 bridgehead atoms. The van der Waals surface area contributed by atoms with Gasteiger partial charge in [0.05, 0.1) is 30.1 Å². The summed E-state index contributed by atoms with van der Waals surface area (Å²) in [6.45, 7) is 1.81. The van der Waals surface area contributed by atoms with Crippen molar-refractivity contribution in [2.24, 2.45) is 0 Å². The summed E-state index contributed by atoms with van der Waals surface area (Å²) < 4.78 is 5.21. The van der Waals surface area contributed by atoms with Crippen LogP contribution in [-0.2, 0) is 9.59 Å². The van der Waals surface area contributed by atoms with Gasteiger partial charge in [0.15, 0.2) is 0 Å². The van der Waals surface area contributed by atoms with E-state index in [0.717, 1.165) is 10.5 Å². The second-order valence-electron chi connectivity index (χ2n) is 5.25. The lowest BCUT2D eigenvalue weighted by atomic mass is 10.2. The molecule has 25 heavy (non-hydrogen) atoms. The largest absolute Gasteiger partial charge is 0.495 e. The Morgan fingerprint density at radius 2 is 1.92 bits per heavy atom. The number of rotatable bonds is 7. The van der Waals surface area contributed by atoms with Crippen molar-refractivity contribution in [2.75, 3.05) is 24.7 Å². The van der Waals surface area contributed by atoms with Crippen LogP contribution in [0.25, 0.3) is 0 Å². The molecule has 2 rings (SSSR count). The first kappa shape index (κ1) is 19.1. The van der Waals surface area contributed by atoms with Gasteiger partial charge in [0.1, 0.15) is 5.75 Å². The molecule has 0 aliphatic heterocycles. The molecular weight excluding hydrogens is 360 g/mol. The van der Waals surface area contributed by atoms with Gasteiger partial charge in [-0.1, -0.05) is 29.8 Å². The van der Waals surface area contributed by atoms with Crippen molar-refractivity contribution in [1.82, 2.24) is 5.32 Å². The minimum atomic E-state index is -0.319. The molecule has 0 aromatic heterocycles. The maximum Gasteiger partial charge on any atom is 0.243 e. The molecule has 2 aromatic rings. The highest BCUT2D eigenvalue weighted by Gasteiger charge is 2.10. The highest BCUT2D eigenvalue weighted by molar-refractivity contribution is 8.00. The van der Waals surface area contributed by atoms with Gasteiger partial charge in [-0.2, -0.15) is 0 Å². The average Bonchev–Trinajstić information content (AvgIpc) is 2.59. The zero-order valence-electron chi connectivity index (χ0n) is 14.0. The Balaban J connectivity index is 1.81. The van der Waals surface area contributed by atoms with Crippen molar-refractivity contribution >= 4 is 40.9 Å². The van der Waals surface area contributed by atoms with Crippen LogP contribution < -0.4 is 15.4 Å². The van der Waals surface area contributed by atoms with Crippen LogP contribution in [-0.4, -0.2) is 31.2 Å². The number of methoxy groups -OCH3 is 1. The number of benzene rings is 2. The molecule has 0 saturated heterocycles. The monoisotopic (exact) mass is 378 g/mol. The van der Waals surface area contributed by atoms with Crippen LogP contribution in [0, 0.1) is 6.92 Å². The molecule has 0 aliphatic carbocycles. The van der Waals surface area contributed by atoms with Gasteiger partial charge in [-0.05, 0) is 36.8 Å². The number of halogens is 1. The molecule has 0 saturated carbocycles. The number of carbonyl (C=O) groups excluding carboxylic acids is 2. The summed E-state index contributed by atoms with van der Waals surface area (Å²) in [5.74, 6) is 0.195. The van der Waals surface area contributed by atoms with Gasteiger partial charge in [0, 0.05) is 4.90 Å². The summed E-state index contributed by atoms with van der Waals surface area (Å²) in [5.41, 5.74) is 1.57. The third-order valence-corrected chi connectivity index (χ3v) is 4.79. The quantitative estimate of drug-likeness (QED) is 0.723. The molecule has 0 radical (unpaired) electrons. The van der Waals surface area contributed by atoms with Gasteiger partial charge >= 0.3 is 0 Å². The van der Waals surface area contributed by atoms with E-state index in [1.807, 2.05) is 37.3 Å². The van der Waals surface area contributed by atoms with Crippen molar-refractivity contribution in [3.63, 3.8) is 0 Å². The molecule has 5 nitrogen and oxygen atoms in total. The summed E-state index contributed by atoms with van der Waals surface area (Å²) in [7, 11) is 1.54. The van der Waals surface area contributed by atoms with E-state index >= 15 is 0 Å². The number of aryl methyl sites for hydroxylation is 1. The molecule has 2 amide bonds. The van der Waals surface area contributed by atoms with Gasteiger partial charge in [-0.25, -0.2) is 0 Å². The lowest BCUT2D eigenvalue weighted by Gasteiger charge is -2.11. The Morgan fingerprint density at radius 3 is 2.64 bits per heavy atom. The Morgan fingerprint density at radius 1 is 1.16 bits per heavy atom. The van der Waals surface area contributed by atoms with Crippen LogP contribution in [0.3, 0.4) is 0 Å². The Bertz CT molecular complexity index is 768. The number of hydrogen-bond donors (Lipinski definition) is 2. The predicted octanol–water partition coefficient (Wildman–Crippen LogP) is 3.50. The Kier molecular flexibility index (Phi) is 7.16. The number of anilines is 1. The second-order valence-corrected chi connectivity index (χ2v) is 6.67. The van der Waals surface area contributed by atoms with Crippen LogP contribution in [0.2, 0.25) is 5.02 Å². The molecule has 132 valence electrons. The lowest BCUT2D eigenvalue weighted by Crippen LogP contribution is -2.34. The fourth-order valence-corrected chi connectivity index (χ4v) is 3.12. The van der Waals surface area contributed by atoms with Gasteiger partial charge in [0.2, 0.25) is 11.8 Å². The standard InChI is InChI=1S/C18H19ClN2O3S/c1-12-7-8-15(24-2)14(9-12)21-17(22)10-20-18(23)11-25-16-6-4-3-5-13(16)19/h3-9H,10-11H2,1-2H3,(H,20,23)(H,21,22). The first-order chi connectivity index (χ1) is 12.0. The van der Waals surface area contributed by atoms with Gasteiger partial charge < -0.3 is 15.4 Å². The maximum atomic E-state index is 12.0. The molecule has 0 unspecified atom stereocenters. The zero-order valence-corrected chi connectivity index (χ0v) is 15.5.